The van der Waals surface area contributed by atoms with Crippen molar-refractivity contribution < 1.29 is 0 Å². The van der Waals surface area contributed by atoms with Crippen molar-refractivity contribution >= 4 is 5.57 Å². The largest absolute Gasteiger partial charge is 0.375 e. The predicted molar refractivity (Wildman–Crippen MR) is 86.2 cm³/mol. The molecule has 0 saturated heterocycles. The minimum absolute atomic E-state index is 1.11. The summed E-state index contributed by atoms with van der Waals surface area (Å²) in [5.41, 5.74) is 5.73. The molecule has 1 aromatic carbocycles. The molecule has 0 heterocycles. The molecule has 0 amide bonds. The molecular weight excluding hydrogens is 230 g/mol. The summed E-state index contributed by atoms with van der Waals surface area (Å²) in [4.78, 5) is 2.57. The molecule has 0 atom stereocenters. The van der Waals surface area contributed by atoms with Crippen LogP contribution in [0, 0.1) is 6.92 Å². The third kappa shape index (κ3) is 4.12. The summed E-state index contributed by atoms with van der Waals surface area (Å²) in [5, 5.41) is 0. The van der Waals surface area contributed by atoms with Gasteiger partial charge in [0.15, 0.2) is 0 Å². The monoisotopic (exact) mass is 259 g/mol. The molecule has 0 aromatic heterocycles. The van der Waals surface area contributed by atoms with E-state index in [0.29, 0.717) is 0 Å². The van der Waals surface area contributed by atoms with E-state index in [9.17, 15) is 0 Å². The van der Waals surface area contributed by atoms with Crippen LogP contribution in [0.25, 0.3) is 5.57 Å². The number of rotatable bonds is 7. The molecule has 0 N–H and O–H groups in total. The zero-order chi connectivity index (χ0) is 14.3. The lowest BCUT2D eigenvalue weighted by molar-refractivity contribution is 0.337. The molecular formula is C18H29N. The number of hydrogen-bond acceptors (Lipinski definition) is 1. The third-order valence-corrected chi connectivity index (χ3v) is 3.69. The normalized spacial score (nSPS) is 12.3. The first-order valence-corrected chi connectivity index (χ1v) is 7.66. The Morgan fingerprint density at radius 1 is 1.00 bits per heavy atom. The molecule has 19 heavy (non-hydrogen) atoms. The molecule has 0 aliphatic rings. The van der Waals surface area contributed by atoms with Gasteiger partial charge < -0.3 is 4.90 Å². The Balaban J connectivity index is 3.16. The second-order valence-electron chi connectivity index (χ2n) is 5.23. The van der Waals surface area contributed by atoms with Crippen molar-refractivity contribution in [3.63, 3.8) is 0 Å². The number of hydrogen-bond donors (Lipinski definition) is 0. The van der Waals surface area contributed by atoms with Crippen LogP contribution in [-0.4, -0.2) is 18.0 Å². The van der Waals surface area contributed by atoms with E-state index in [1.807, 2.05) is 0 Å². The number of nitrogens with zero attached hydrogens (tertiary/aromatic N) is 1. The van der Waals surface area contributed by atoms with Gasteiger partial charge in [0.2, 0.25) is 0 Å². The fourth-order valence-electron chi connectivity index (χ4n) is 2.80. The Labute approximate surface area is 119 Å². The van der Waals surface area contributed by atoms with Gasteiger partial charge in [0.05, 0.1) is 0 Å². The van der Waals surface area contributed by atoms with Crippen LogP contribution in [0.15, 0.2) is 30.0 Å². The Morgan fingerprint density at radius 3 is 2.05 bits per heavy atom. The highest BCUT2D eigenvalue weighted by Crippen LogP contribution is 2.26. The van der Waals surface area contributed by atoms with Crippen molar-refractivity contribution in [2.45, 2.75) is 53.9 Å². The predicted octanol–water partition coefficient (Wildman–Crippen LogP) is 5.26. The molecule has 0 saturated carbocycles. The average molecular weight is 259 g/mol. The van der Waals surface area contributed by atoms with E-state index in [1.54, 1.807) is 0 Å². The molecule has 0 bridgehead atoms. The van der Waals surface area contributed by atoms with Crippen molar-refractivity contribution in [2.75, 3.05) is 13.1 Å². The lowest BCUT2D eigenvalue weighted by atomic mass is 9.98. The van der Waals surface area contributed by atoms with Gasteiger partial charge in [-0.1, -0.05) is 45.0 Å². The van der Waals surface area contributed by atoms with Crippen LogP contribution in [0.4, 0.5) is 0 Å². The molecule has 1 aromatic rings. The molecule has 1 heteroatoms. The SMILES string of the molecule is CCCN(CCC)/C(CC)=C(\C)c1ccccc1C. The minimum atomic E-state index is 1.11. The van der Waals surface area contributed by atoms with Gasteiger partial charge in [-0.25, -0.2) is 0 Å². The van der Waals surface area contributed by atoms with E-state index in [2.05, 4.69) is 63.8 Å². The number of aryl methyl sites for hydroxylation is 1. The van der Waals surface area contributed by atoms with E-state index in [-0.39, 0.29) is 0 Å². The molecule has 0 fully saturated rings. The summed E-state index contributed by atoms with van der Waals surface area (Å²) in [7, 11) is 0. The van der Waals surface area contributed by atoms with Gasteiger partial charge in [-0.05, 0) is 49.8 Å². The van der Waals surface area contributed by atoms with E-state index in [1.165, 1.54) is 48.3 Å². The Bertz CT molecular complexity index is 411. The fraction of sp³-hybridized carbons (Fsp3) is 0.556. The first-order chi connectivity index (χ1) is 9.15. The van der Waals surface area contributed by atoms with E-state index < -0.39 is 0 Å². The van der Waals surface area contributed by atoms with E-state index >= 15 is 0 Å². The lowest BCUT2D eigenvalue weighted by Gasteiger charge is -2.28. The molecule has 106 valence electrons. The number of benzene rings is 1. The van der Waals surface area contributed by atoms with Crippen LogP contribution in [0.2, 0.25) is 0 Å². The van der Waals surface area contributed by atoms with Crippen molar-refractivity contribution in [1.29, 1.82) is 0 Å². The smallest absolute Gasteiger partial charge is 0.0172 e. The highest BCUT2D eigenvalue weighted by Gasteiger charge is 2.11. The lowest BCUT2D eigenvalue weighted by Crippen LogP contribution is -2.25. The van der Waals surface area contributed by atoms with Gasteiger partial charge in [0.25, 0.3) is 0 Å². The summed E-state index contributed by atoms with van der Waals surface area (Å²) in [5.74, 6) is 0. The van der Waals surface area contributed by atoms with Crippen LogP contribution in [0.5, 0.6) is 0 Å². The molecule has 0 radical (unpaired) electrons. The van der Waals surface area contributed by atoms with Gasteiger partial charge in [0, 0.05) is 18.8 Å². The molecule has 1 rings (SSSR count). The van der Waals surface area contributed by atoms with Crippen molar-refractivity contribution in [2.24, 2.45) is 0 Å². The molecule has 0 unspecified atom stereocenters. The first kappa shape index (κ1) is 15.8. The zero-order valence-corrected chi connectivity index (χ0v) is 13.3. The van der Waals surface area contributed by atoms with Crippen molar-refractivity contribution in [3.8, 4) is 0 Å². The van der Waals surface area contributed by atoms with Crippen LogP contribution in [0.1, 0.15) is 58.1 Å². The van der Waals surface area contributed by atoms with Crippen LogP contribution < -0.4 is 0 Å². The van der Waals surface area contributed by atoms with Crippen LogP contribution in [-0.2, 0) is 0 Å². The van der Waals surface area contributed by atoms with Gasteiger partial charge in [-0.15, -0.1) is 0 Å². The Kier molecular flexibility index (Phi) is 6.69. The summed E-state index contributed by atoms with van der Waals surface area (Å²) in [6.07, 6.45) is 3.54. The second-order valence-corrected chi connectivity index (χ2v) is 5.23. The second kappa shape index (κ2) is 8.04. The van der Waals surface area contributed by atoms with Crippen LogP contribution >= 0.6 is 0 Å². The Hall–Kier alpha value is -1.24. The summed E-state index contributed by atoms with van der Waals surface area (Å²) in [6.45, 7) is 13.6. The molecule has 1 nitrogen and oxygen atoms in total. The van der Waals surface area contributed by atoms with Gasteiger partial charge in [0.1, 0.15) is 0 Å². The van der Waals surface area contributed by atoms with Gasteiger partial charge in [-0.3, -0.25) is 0 Å². The maximum absolute atomic E-state index is 2.57. The maximum atomic E-state index is 2.57. The molecule has 0 aliphatic carbocycles. The quantitative estimate of drug-likeness (QED) is 0.645. The Morgan fingerprint density at radius 2 is 1.58 bits per heavy atom. The van der Waals surface area contributed by atoms with Gasteiger partial charge in [-0.2, -0.15) is 0 Å². The summed E-state index contributed by atoms with van der Waals surface area (Å²) >= 11 is 0. The summed E-state index contributed by atoms with van der Waals surface area (Å²) in [6, 6.07) is 8.71. The third-order valence-electron chi connectivity index (χ3n) is 3.69. The number of allylic oxidation sites excluding steroid dienone is 2. The summed E-state index contributed by atoms with van der Waals surface area (Å²) < 4.78 is 0. The fourth-order valence-corrected chi connectivity index (χ4v) is 2.80. The highest BCUT2D eigenvalue weighted by molar-refractivity contribution is 5.69. The average Bonchev–Trinajstić information content (AvgIpc) is 2.40. The zero-order valence-electron chi connectivity index (χ0n) is 13.3. The van der Waals surface area contributed by atoms with Gasteiger partial charge >= 0.3 is 0 Å². The molecule has 0 aliphatic heterocycles. The van der Waals surface area contributed by atoms with Crippen LogP contribution in [0.3, 0.4) is 0 Å². The minimum Gasteiger partial charge on any atom is -0.375 e. The van der Waals surface area contributed by atoms with E-state index in [0.717, 1.165) is 6.42 Å². The van der Waals surface area contributed by atoms with Crippen molar-refractivity contribution in [1.82, 2.24) is 4.90 Å². The van der Waals surface area contributed by atoms with E-state index in [4.69, 9.17) is 0 Å². The molecule has 0 spiro atoms. The first-order valence-electron chi connectivity index (χ1n) is 7.66. The standard InChI is InChI=1S/C18H29N/c1-6-13-19(14-7-2)18(8-3)16(5)17-12-10-9-11-15(17)4/h9-12H,6-8,13-14H2,1-5H3/b18-16+. The topological polar surface area (TPSA) is 3.24 Å². The highest BCUT2D eigenvalue weighted by atomic mass is 15.1. The maximum Gasteiger partial charge on any atom is 0.0172 e. The van der Waals surface area contributed by atoms with Crippen molar-refractivity contribution in [3.05, 3.63) is 41.1 Å².